The van der Waals surface area contributed by atoms with Crippen LogP contribution >= 0.6 is 0 Å². The van der Waals surface area contributed by atoms with E-state index in [1.54, 1.807) is 0 Å². The molecule has 3 heterocycles. The molecule has 5 rings (SSSR count). The molecule has 1 fully saturated rings. The van der Waals surface area contributed by atoms with Crippen LogP contribution in [0.15, 0.2) is 41.2 Å². The van der Waals surface area contributed by atoms with Crippen molar-refractivity contribution in [2.45, 2.75) is 60.0 Å². The van der Waals surface area contributed by atoms with Gasteiger partial charge in [-0.15, -0.1) is 5.10 Å². The standard InChI is InChI=1S/C29H37N7O/c1-18-8-9-19(2)25(14-18)34-10-12-35(13-11-34)26(27-31-32-33-36(27)29(5,6)7)23-17-22-15-20(3)21(4)16-24(22)30-28(23)37/h8-9,14-17,26H,10-13H2,1-7H3,(H,30,37)/t26-/m0/s1. The first kappa shape index (κ1) is 25.1. The number of aromatic amines is 1. The first-order valence-electron chi connectivity index (χ1n) is 13.0. The fourth-order valence-corrected chi connectivity index (χ4v) is 5.32. The Bertz CT molecular complexity index is 1500. The van der Waals surface area contributed by atoms with Gasteiger partial charge in [-0.2, -0.15) is 0 Å². The summed E-state index contributed by atoms with van der Waals surface area (Å²) >= 11 is 0. The van der Waals surface area contributed by atoms with Gasteiger partial charge >= 0.3 is 0 Å². The number of benzene rings is 2. The lowest BCUT2D eigenvalue weighted by Gasteiger charge is -2.40. The lowest BCUT2D eigenvalue weighted by molar-refractivity contribution is 0.190. The number of aryl methyl sites for hydroxylation is 4. The molecule has 0 spiro atoms. The average molecular weight is 500 g/mol. The van der Waals surface area contributed by atoms with Crippen LogP contribution in [-0.2, 0) is 5.54 Å². The maximum absolute atomic E-state index is 13.6. The Kier molecular flexibility index (Phi) is 6.40. The van der Waals surface area contributed by atoms with Gasteiger partial charge in [-0.05, 0) is 111 Å². The molecule has 0 amide bonds. The third-order valence-corrected chi connectivity index (χ3v) is 7.54. The summed E-state index contributed by atoms with van der Waals surface area (Å²) in [7, 11) is 0. The number of tetrazole rings is 1. The lowest BCUT2D eigenvalue weighted by atomic mass is 9.99. The van der Waals surface area contributed by atoms with Crippen molar-refractivity contribution in [2.75, 3.05) is 31.1 Å². The third-order valence-electron chi connectivity index (χ3n) is 7.54. The van der Waals surface area contributed by atoms with Gasteiger partial charge in [0.25, 0.3) is 5.56 Å². The van der Waals surface area contributed by atoms with Crippen LogP contribution in [0.25, 0.3) is 10.9 Å². The number of aromatic nitrogens is 5. The van der Waals surface area contributed by atoms with Gasteiger partial charge in [0.1, 0.15) is 6.04 Å². The number of nitrogens with zero attached hydrogens (tertiary/aromatic N) is 6. The normalized spacial score (nSPS) is 15.9. The maximum atomic E-state index is 13.6. The Morgan fingerprint density at radius 2 is 1.59 bits per heavy atom. The smallest absolute Gasteiger partial charge is 0.253 e. The minimum absolute atomic E-state index is 0.0961. The summed E-state index contributed by atoms with van der Waals surface area (Å²) in [4.78, 5) is 21.5. The molecule has 0 radical (unpaired) electrons. The molecule has 0 saturated carbocycles. The molecule has 8 nitrogen and oxygen atoms in total. The molecule has 1 aliphatic heterocycles. The SMILES string of the molecule is Cc1ccc(C)c(N2CCN([C@@H](c3cc4cc(C)c(C)cc4[nH]c3=O)c3nnnn3C(C)(C)C)CC2)c1. The molecule has 2 aromatic carbocycles. The van der Waals surface area contributed by atoms with Crippen molar-refractivity contribution in [3.8, 4) is 0 Å². The van der Waals surface area contributed by atoms with Crippen molar-refractivity contribution in [1.29, 1.82) is 0 Å². The van der Waals surface area contributed by atoms with Crippen molar-refractivity contribution in [1.82, 2.24) is 30.1 Å². The number of hydrogen-bond donors (Lipinski definition) is 1. The Morgan fingerprint density at radius 1 is 0.892 bits per heavy atom. The average Bonchev–Trinajstić information content (AvgIpc) is 3.33. The van der Waals surface area contributed by atoms with E-state index < -0.39 is 0 Å². The van der Waals surface area contributed by atoms with E-state index in [2.05, 4.69) is 103 Å². The van der Waals surface area contributed by atoms with Crippen molar-refractivity contribution in [3.05, 3.63) is 80.4 Å². The van der Waals surface area contributed by atoms with E-state index in [1.165, 1.54) is 22.4 Å². The van der Waals surface area contributed by atoms with Gasteiger partial charge in [0.05, 0.1) is 5.54 Å². The molecular formula is C29H37N7O. The molecule has 1 aliphatic rings. The molecule has 0 bridgehead atoms. The van der Waals surface area contributed by atoms with Crippen LogP contribution in [0.5, 0.6) is 0 Å². The molecule has 4 aromatic rings. The molecule has 2 aromatic heterocycles. The molecular weight excluding hydrogens is 462 g/mol. The first-order chi connectivity index (χ1) is 17.5. The summed E-state index contributed by atoms with van der Waals surface area (Å²) in [5, 5.41) is 13.9. The lowest BCUT2D eigenvalue weighted by Crippen LogP contribution is -2.49. The van der Waals surface area contributed by atoms with Gasteiger partial charge in [-0.1, -0.05) is 12.1 Å². The number of H-pyrrole nitrogens is 1. The van der Waals surface area contributed by atoms with E-state index in [0.717, 1.165) is 42.6 Å². The molecule has 8 heteroatoms. The zero-order valence-corrected chi connectivity index (χ0v) is 23.0. The van der Waals surface area contributed by atoms with E-state index in [0.29, 0.717) is 11.4 Å². The van der Waals surface area contributed by atoms with Crippen LogP contribution in [-0.4, -0.2) is 56.3 Å². The van der Waals surface area contributed by atoms with Crippen molar-refractivity contribution in [3.63, 3.8) is 0 Å². The van der Waals surface area contributed by atoms with Gasteiger partial charge in [-0.3, -0.25) is 9.69 Å². The van der Waals surface area contributed by atoms with E-state index in [9.17, 15) is 4.79 Å². The van der Waals surface area contributed by atoms with Crippen LogP contribution < -0.4 is 10.5 Å². The topological polar surface area (TPSA) is 82.9 Å². The van der Waals surface area contributed by atoms with Gasteiger partial charge in [0.2, 0.25) is 0 Å². The van der Waals surface area contributed by atoms with Crippen LogP contribution in [0.2, 0.25) is 0 Å². The fraction of sp³-hybridized carbons (Fsp3) is 0.448. The maximum Gasteiger partial charge on any atom is 0.253 e. The van der Waals surface area contributed by atoms with E-state index in [-0.39, 0.29) is 17.1 Å². The van der Waals surface area contributed by atoms with Crippen LogP contribution in [0.3, 0.4) is 0 Å². The molecule has 0 unspecified atom stereocenters. The Morgan fingerprint density at radius 3 is 2.30 bits per heavy atom. The number of piperazine rings is 1. The number of nitrogens with one attached hydrogen (secondary N) is 1. The highest BCUT2D eigenvalue weighted by Gasteiger charge is 2.35. The predicted octanol–water partition coefficient (Wildman–Crippen LogP) is 4.41. The quantitative estimate of drug-likeness (QED) is 0.448. The number of hydrogen-bond acceptors (Lipinski definition) is 6. The van der Waals surface area contributed by atoms with Crippen molar-refractivity contribution in [2.24, 2.45) is 0 Å². The molecule has 37 heavy (non-hydrogen) atoms. The highest BCUT2D eigenvalue weighted by molar-refractivity contribution is 5.81. The second-order valence-corrected chi connectivity index (χ2v) is 11.4. The number of rotatable bonds is 4. The first-order valence-corrected chi connectivity index (χ1v) is 13.0. The van der Waals surface area contributed by atoms with Gasteiger partial charge in [0.15, 0.2) is 5.82 Å². The Hall–Kier alpha value is -3.52. The second-order valence-electron chi connectivity index (χ2n) is 11.4. The Balaban J connectivity index is 1.57. The fourth-order valence-electron chi connectivity index (χ4n) is 5.32. The highest BCUT2D eigenvalue weighted by atomic mass is 16.1. The zero-order valence-electron chi connectivity index (χ0n) is 23.0. The minimum Gasteiger partial charge on any atom is -0.369 e. The second kappa shape index (κ2) is 9.41. The molecule has 1 N–H and O–H groups in total. The van der Waals surface area contributed by atoms with Crippen LogP contribution in [0.1, 0.15) is 60.5 Å². The molecule has 1 saturated heterocycles. The summed E-state index contributed by atoms with van der Waals surface area (Å²) < 4.78 is 1.86. The molecule has 1 atom stereocenters. The highest BCUT2D eigenvalue weighted by Crippen LogP contribution is 2.32. The Labute approximate surface area is 218 Å². The molecule has 0 aliphatic carbocycles. The largest absolute Gasteiger partial charge is 0.369 e. The molecule has 194 valence electrons. The number of pyridine rings is 1. The van der Waals surface area contributed by atoms with Crippen LogP contribution in [0.4, 0.5) is 5.69 Å². The van der Waals surface area contributed by atoms with E-state index in [1.807, 2.05) is 16.8 Å². The summed E-state index contributed by atoms with van der Waals surface area (Å²) in [6, 6.07) is 12.5. The third kappa shape index (κ3) is 4.78. The van der Waals surface area contributed by atoms with E-state index >= 15 is 0 Å². The van der Waals surface area contributed by atoms with Crippen molar-refractivity contribution >= 4 is 16.6 Å². The predicted molar refractivity (Wildman–Crippen MR) is 148 cm³/mol. The monoisotopic (exact) mass is 499 g/mol. The van der Waals surface area contributed by atoms with Gasteiger partial charge in [-0.25, -0.2) is 4.68 Å². The number of fused-ring (bicyclic) bond motifs is 1. The summed E-state index contributed by atoms with van der Waals surface area (Å²) in [5.41, 5.74) is 7.29. The summed E-state index contributed by atoms with van der Waals surface area (Å²) in [6.45, 7) is 18.0. The number of anilines is 1. The van der Waals surface area contributed by atoms with Gasteiger partial charge in [0, 0.05) is 42.9 Å². The minimum atomic E-state index is -0.357. The van der Waals surface area contributed by atoms with Crippen molar-refractivity contribution < 1.29 is 0 Å². The van der Waals surface area contributed by atoms with Crippen LogP contribution in [0, 0.1) is 27.7 Å². The van der Waals surface area contributed by atoms with E-state index in [4.69, 9.17) is 0 Å². The zero-order chi connectivity index (χ0) is 26.5. The summed E-state index contributed by atoms with van der Waals surface area (Å²) in [6.07, 6.45) is 0. The van der Waals surface area contributed by atoms with Gasteiger partial charge < -0.3 is 9.88 Å². The summed E-state index contributed by atoms with van der Waals surface area (Å²) in [5.74, 6) is 0.696.